The van der Waals surface area contributed by atoms with Crippen LogP contribution in [-0.4, -0.2) is 27.2 Å². The number of carbonyl (C=O) groups is 1. The third kappa shape index (κ3) is 5.96. The third-order valence-corrected chi connectivity index (χ3v) is 4.67. The van der Waals surface area contributed by atoms with Crippen molar-refractivity contribution in [2.24, 2.45) is 0 Å². The van der Waals surface area contributed by atoms with Crippen LogP contribution in [0.5, 0.6) is 5.75 Å². The fourth-order valence-electron chi connectivity index (χ4n) is 3.04. The molecule has 1 atom stereocenters. The number of nitro groups is 1. The molecular weight excluding hydrogens is 483 g/mol. The molecule has 0 radical (unpaired) electrons. The van der Waals surface area contributed by atoms with Gasteiger partial charge in [0.25, 0.3) is 17.2 Å². The number of ether oxygens (including phenoxy) is 1. The lowest BCUT2D eigenvalue weighted by Crippen LogP contribution is -2.31. The highest BCUT2D eigenvalue weighted by molar-refractivity contribution is 5.92. The number of nitro benzene ring substituents is 1. The number of para-hydroxylation sites is 2. The highest BCUT2D eigenvalue weighted by atomic mass is 19.4. The minimum Gasteiger partial charge on any atom is -0.433 e. The van der Waals surface area contributed by atoms with Gasteiger partial charge in [-0.25, -0.2) is 0 Å². The summed E-state index contributed by atoms with van der Waals surface area (Å²) in [6, 6.07) is 7.91. The molecule has 14 heteroatoms. The van der Waals surface area contributed by atoms with Gasteiger partial charge in [0.15, 0.2) is 5.75 Å². The van der Waals surface area contributed by atoms with E-state index in [9.17, 15) is 41.7 Å². The number of alkyl halides is 5. The smallest absolute Gasteiger partial charge is 0.416 e. The minimum absolute atomic E-state index is 0.186. The molecule has 1 N–H and O–H groups in total. The number of nitrogens with one attached hydrogen (secondary N) is 1. The van der Waals surface area contributed by atoms with Gasteiger partial charge in [-0.1, -0.05) is 12.1 Å². The highest BCUT2D eigenvalue weighted by Gasteiger charge is 2.33. The summed E-state index contributed by atoms with van der Waals surface area (Å²) in [5.41, 5.74) is -3.65. The average Bonchev–Trinajstić information content (AvgIpc) is 2.78. The lowest BCUT2D eigenvalue weighted by molar-refractivity contribution is -0.385. The molecule has 1 aromatic heterocycles. The van der Waals surface area contributed by atoms with Crippen LogP contribution in [-0.2, 0) is 6.18 Å². The highest BCUT2D eigenvalue weighted by Crippen LogP contribution is 2.34. The molecule has 1 heterocycles. The Morgan fingerprint density at radius 3 is 2.46 bits per heavy atom. The van der Waals surface area contributed by atoms with E-state index in [1.165, 1.54) is 25.1 Å². The summed E-state index contributed by atoms with van der Waals surface area (Å²) in [4.78, 5) is 35.0. The molecule has 0 bridgehead atoms. The van der Waals surface area contributed by atoms with E-state index in [0.717, 1.165) is 24.3 Å². The average molecular weight is 498 g/mol. The van der Waals surface area contributed by atoms with Crippen LogP contribution in [0.3, 0.4) is 0 Å². The number of carbonyl (C=O) groups excluding carboxylic acids is 1. The Morgan fingerprint density at radius 2 is 1.83 bits per heavy atom. The molecule has 0 unspecified atom stereocenters. The van der Waals surface area contributed by atoms with Crippen LogP contribution in [0.25, 0.3) is 5.69 Å². The van der Waals surface area contributed by atoms with E-state index >= 15 is 0 Å². The Bertz CT molecular complexity index is 1330. The molecule has 35 heavy (non-hydrogen) atoms. The molecule has 0 aliphatic heterocycles. The van der Waals surface area contributed by atoms with Crippen molar-refractivity contribution in [3.63, 3.8) is 0 Å². The van der Waals surface area contributed by atoms with Crippen LogP contribution >= 0.6 is 0 Å². The van der Waals surface area contributed by atoms with Crippen LogP contribution in [0.1, 0.15) is 34.6 Å². The Labute approximate surface area is 192 Å². The van der Waals surface area contributed by atoms with Crippen molar-refractivity contribution >= 4 is 11.6 Å². The van der Waals surface area contributed by atoms with E-state index < -0.39 is 46.5 Å². The predicted molar refractivity (Wildman–Crippen MR) is 110 cm³/mol. The van der Waals surface area contributed by atoms with Crippen molar-refractivity contribution in [1.29, 1.82) is 0 Å². The molecule has 0 saturated heterocycles. The number of hydrogen-bond acceptors (Lipinski definition) is 6. The van der Waals surface area contributed by atoms with Crippen LogP contribution in [0.4, 0.5) is 27.6 Å². The van der Waals surface area contributed by atoms with Crippen molar-refractivity contribution in [2.45, 2.75) is 25.8 Å². The van der Waals surface area contributed by atoms with Crippen molar-refractivity contribution in [2.75, 3.05) is 0 Å². The molecule has 3 aromatic rings. The summed E-state index contributed by atoms with van der Waals surface area (Å²) in [5.74, 6) is -1.34. The van der Waals surface area contributed by atoms with E-state index in [1.54, 1.807) is 0 Å². The molecule has 9 nitrogen and oxygen atoms in total. The lowest BCUT2D eigenvalue weighted by atomic mass is 10.0. The number of benzene rings is 2. The number of aromatic nitrogens is 2. The normalized spacial score (nSPS) is 12.3. The zero-order valence-corrected chi connectivity index (χ0v) is 17.6. The molecule has 0 aliphatic rings. The second-order valence-corrected chi connectivity index (χ2v) is 7.08. The van der Waals surface area contributed by atoms with Gasteiger partial charge in [0.05, 0.1) is 16.5 Å². The van der Waals surface area contributed by atoms with Gasteiger partial charge in [-0.2, -0.15) is 31.7 Å². The number of nitrogens with zero attached hydrogens (tertiary/aromatic N) is 3. The molecule has 3 rings (SSSR count). The molecule has 0 spiro atoms. The molecule has 1 amide bonds. The first kappa shape index (κ1) is 25.3. The van der Waals surface area contributed by atoms with Crippen LogP contribution in [0.15, 0.2) is 59.4 Å². The number of amides is 1. The zero-order valence-electron chi connectivity index (χ0n) is 17.6. The Hall–Kier alpha value is -4.36. The van der Waals surface area contributed by atoms with E-state index in [-0.39, 0.29) is 22.7 Å². The van der Waals surface area contributed by atoms with Crippen molar-refractivity contribution < 1.29 is 36.4 Å². The first-order valence-corrected chi connectivity index (χ1v) is 9.69. The standard InChI is InChI=1S/C21H15F5N4O5/c1-11(12-8-13(21(24,25)26)10-14(9-12)30(33)34)27-19(32)15-6-7-18(31)29(28-15)16-4-2-3-5-17(16)35-20(22)23/h2-11,20H,1H3,(H,27,32)/t11-/m1/s1. The summed E-state index contributed by atoms with van der Waals surface area (Å²) in [6.07, 6.45) is -4.87. The van der Waals surface area contributed by atoms with Gasteiger partial charge in [-0.15, -0.1) is 0 Å². The summed E-state index contributed by atoms with van der Waals surface area (Å²) in [7, 11) is 0. The predicted octanol–water partition coefficient (Wildman–Crippen LogP) is 4.25. The summed E-state index contributed by atoms with van der Waals surface area (Å²) < 4.78 is 69.9. The van der Waals surface area contributed by atoms with Gasteiger partial charge < -0.3 is 10.1 Å². The second kappa shape index (κ2) is 9.87. The third-order valence-electron chi connectivity index (χ3n) is 4.67. The van der Waals surface area contributed by atoms with Gasteiger partial charge in [-0.05, 0) is 36.8 Å². The second-order valence-electron chi connectivity index (χ2n) is 7.08. The first-order chi connectivity index (χ1) is 16.4. The van der Waals surface area contributed by atoms with E-state index in [2.05, 4.69) is 15.2 Å². The van der Waals surface area contributed by atoms with Gasteiger partial charge in [0.1, 0.15) is 11.4 Å². The van der Waals surface area contributed by atoms with E-state index in [4.69, 9.17) is 0 Å². The van der Waals surface area contributed by atoms with Gasteiger partial charge in [0, 0.05) is 18.2 Å². The number of hydrogen-bond donors (Lipinski definition) is 1. The number of halogens is 5. The summed E-state index contributed by atoms with van der Waals surface area (Å²) in [6.45, 7) is -1.91. The zero-order chi connectivity index (χ0) is 25.9. The first-order valence-electron chi connectivity index (χ1n) is 9.69. The molecule has 184 valence electrons. The Balaban J connectivity index is 1.93. The summed E-state index contributed by atoms with van der Waals surface area (Å²) >= 11 is 0. The fourth-order valence-corrected chi connectivity index (χ4v) is 3.04. The SMILES string of the molecule is C[C@@H](NC(=O)c1ccc(=O)n(-c2ccccc2OC(F)F)n1)c1cc([N+](=O)[O-])cc(C(F)(F)F)c1. The molecule has 0 fully saturated rings. The monoisotopic (exact) mass is 498 g/mol. The maximum absolute atomic E-state index is 13.1. The van der Waals surface area contributed by atoms with E-state index in [0.29, 0.717) is 16.8 Å². The number of non-ortho nitro benzene ring substituents is 1. The number of rotatable bonds is 7. The van der Waals surface area contributed by atoms with E-state index in [1.807, 2.05) is 0 Å². The largest absolute Gasteiger partial charge is 0.433 e. The van der Waals surface area contributed by atoms with Gasteiger partial charge in [0.2, 0.25) is 0 Å². The Kier molecular flexibility index (Phi) is 7.12. The fraction of sp³-hybridized carbons (Fsp3) is 0.190. The van der Waals surface area contributed by atoms with Crippen LogP contribution < -0.4 is 15.6 Å². The Morgan fingerprint density at radius 1 is 1.14 bits per heavy atom. The van der Waals surface area contributed by atoms with Crippen molar-refractivity contribution in [3.05, 3.63) is 91.9 Å². The van der Waals surface area contributed by atoms with Crippen LogP contribution in [0.2, 0.25) is 0 Å². The minimum atomic E-state index is -4.87. The maximum atomic E-state index is 13.1. The van der Waals surface area contributed by atoms with Crippen LogP contribution in [0, 0.1) is 10.1 Å². The molecule has 0 saturated carbocycles. The van der Waals surface area contributed by atoms with Crippen molar-refractivity contribution in [1.82, 2.24) is 15.1 Å². The molecule has 2 aromatic carbocycles. The lowest BCUT2D eigenvalue weighted by Gasteiger charge is -2.17. The molecular formula is C21H15F5N4O5. The maximum Gasteiger partial charge on any atom is 0.416 e. The summed E-state index contributed by atoms with van der Waals surface area (Å²) in [5, 5.41) is 17.2. The quantitative estimate of drug-likeness (QED) is 0.296. The topological polar surface area (TPSA) is 116 Å². The molecule has 0 aliphatic carbocycles. The van der Waals surface area contributed by atoms with Gasteiger partial charge >= 0.3 is 12.8 Å². The van der Waals surface area contributed by atoms with Crippen molar-refractivity contribution in [3.8, 4) is 11.4 Å². The van der Waals surface area contributed by atoms with Gasteiger partial charge in [-0.3, -0.25) is 19.7 Å².